The molecule has 0 bridgehead atoms. The van der Waals surface area contributed by atoms with Crippen molar-refractivity contribution in [2.45, 2.75) is 40.0 Å². The highest BCUT2D eigenvalue weighted by atomic mass is 16.2. The van der Waals surface area contributed by atoms with Crippen molar-refractivity contribution in [1.82, 2.24) is 14.7 Å². The molecule has 0 N–H and O–H groups in total. The fraction of sp³-hybridized carbons (Fsp3) is 0.500. The van der Waals surface area contributed by atoms with Crippen LogP contribution in [0, 0.1) is 12.8 Å². The van der Waals surface area contributed by atoms with Crippen molar-refractivity contribution >= 4 is 11.7 Å². The van der Waals surface area contributed by atoms with Crippen LogP contribution in [0.1, 0.15) is 38.7 Å². The second-order valence-electron chi connectivity index (χ2n) is 7.46. The van der Waals surface area contributed by atoms with Gasteiger partial charge in [0.2, 0.25) is 5.91 Å². The van der Waals surface area contributed by atoms with Crippen molar-refractivity contribution in [1.29, 1.82) is 0 Å². The molecule has 3 rings (SSSR count). The summed E-state index contributed by atoms with van der Waals surface area (Å²) in [6.45, 7) is 9.20. The van der Waals surface area contributed by atoms with Gasteiger partial charge >= 0.3 is 0 Å². The van der Waals surface area contributed by atoms with Crippen LogP contribution in [0.25, 0.3) is 5.69 Å². The number of carbonyl (C=O) groups excluding carboxylic acids is 1. The molecule has 0 aliphatic carbocycles. The first-order valence-corrected chi connectivity index (χ1v) is 10.2. The summed E-state index contributed by atoms with van der Waals surface area (Å²) in [7, 11) is 0. The third-order valence-corrected chi connectivity index (χ3v) is 5.53. The summed E-state index contributed by atoms with van der Waals surface area (Å²) in [5, 5.41) is 4.60. The average molecular weight is 383 g/mol. The van der Waals surface area contributed by atoms with Crippen LogP contribution < -0.4 is 10.5 Å². The quantitative estimate of drug-likeness (QED) is 0.798. The summed E-state index contributed by atoms with van der Waals surface area (Å²) in [4.78, 5) is 29.2. The Kier molecular flexibility index (Phi) is 6.49. The van der Waals surface area contributed by atoms with Gasteiger partial charge in [0.05, 0.1) is 5.69 Å². The molecule has 1 aromatic heterocycles. The number of aryl methyl sites for hydroxylation is 1. The molecule has 2 heterocycles. The van der Waals surface area contributed by atoms with Crippen molar-refractivity contribution in [3.05, 3.63) is 52.3 Å². The molecule has 0 saturated carbocycles. The van der Waals surface area contributed by atoms with E-state index in [1.54, 1.807) is 12.1 Å². The summed E-state index contributed by atoms with van der Waals surface area (Å²) in [6, 6.07) is 11.1. The maximum atomic E-state index is 12.7. The van der Waals surface area contributed by atoms with Crippen LogP contribution in [0.5, 0.6) is 0 Å². The molecule has 1 fully saturated rings. The second-order valence-corrected chi connectivity index (χ2v) is 7.46. The predicted octanol–water partition coefficient (Wildman–Crippen LogP) is 3.02. The lowest BCUT2D eigenvalue weighted by atomic mass is 10.0. The summed E-state index contributed by atoms with van der Waals surface area (Å²) >= 11 is 0. The number of hydrogen-bond acceptors (Lipinski definition) is 4. The van der Waals surface area contributed by atoms with E-state index in [-0.39, 0.29) is 17.4 Å². The molecule has 28 heavy (non-hydrogen) atoms. The first-order chi connectivity index (χ1) is 13.5. The lowest BCUT2D eigenvalue weighted by Gasteiger charge is -2.25. The van der Waals surface area contributed by atoms with Crippen molar-refractivity contribution in [2.24, 2.45) is 5.92 Å². The smallest absolute Gasteiger partial charge is 0.271 e. The molecule has 0 spiro atoms. The Morgan fingerprint density at radius 1 is 1.00 bits per heavy atom. The van der Waals surface area contributed by atoms with Crippen molar-refractivity contribution in [3.63, 3.8) is 0 Å². The number of rotatable bonds is 5. The van der Waals surface area contributed by atoms with Crippen molar-refractivity contribution in [3.8, 4) is 5.69 Å². The van der Waals surface area contributed by atoms with E-state index in [9.17, 15) is 9.59 Å². The predicted molar refractivity (Wildman–Crippen MR) is 112 cm³/mol. The Balaban J connectivity index is 1.77. The van der Waals surface area contributed by atoms with Gasteiger partial charge in [0.1, 0.15) is 5.82 Å². The molecule has 0 unspecified atom stereocenters. The highest BCUT2D eigenvalue weighted by Crippen LogP contribution is 2.17. The zero-order valence-electron chi connectivity index (χ0n) is 17.1. The Morgan fingerprint density at radius 2 is 1.71 bits per heavy atom. The Bertz CT molecular complexity index is 856. The molecule has 0 atom stereocenters. The monoisotopic (exact) mass is 382 g/mol. The van der Waals surface area contributed by atoms with Crippen LogP contribution in [0.15, 0.2) is 41.2 Å². The van der Waals surface area contributed by atoms with Gasteiger partial charge in [-0.1, -0.05) is 31.5 Å². The summed E-state index contributed by atoms with van der Waals surface area (Å²) in [5.74, 6) is 1.16. The van der Waals surface area contributed by atoms with Gasteiger partial charge < -0.3 is 9.80 Å². The first-order valence-electron chi connectivity index (χ1n) is 10.2. The van der Waals surface area contributed by atoms with E-state index in [2.05, 4.69) is 23.8 Å². The number of carbonyl (C=O) groups is 1. The lowest BCUT2D eigenvalue weighted by molar-refractivity contribution is -0.135. The highest BCUT2D eigenvalue weighted by molar-refractivity contribution is 5.78. The topological polar surface area (TPSA) is 58.4 Å². The van der Waals surface area contributed by atoms with Crippen LogP contribution in [-0.4, -0.2) is 46.8 Å². The van der Waals surface area contributed by atoms with Crippen molar-refractivity contribution < 1.29 is 4.79 Å². The van der Waals surface area contributed by atoms with E-state index in [1.165, 1.54) is 4.68 Å². The van der Waals surface area contributed by atoms with Crippen LogP contribution >= 0.6 is 0 Å². The highest BCUT2D eigenvalue weighted by Gasteiger charge is 2.24. The minimum atomic E-state index is -0.145. The number of nitrogens with zero attached hydrogens (tertiary/aromatic N) is 4. The summed E-state index contributed by atoms with van der Waals surface area (Å²) < 4.78 is 1.45. The third-order valence-electron chi connectivity index (χ3n) is 5.53. The first kappa shape index (κ1) is 20.1. The van der Waals surface area contributed by atoms with Gasteiger partial charge in [-0.25, -0.2) is 0 Å². The van der Waals surface area contributed by atoms with Gasteiger partial charge in [-0.05, 0) is 44.4 Å². The molecule has 1 aliphatic rings. The van der Waals surface area contributed by atoms with Gasteiger partial charge in [0.25, 0.3) is 5.56 Å². The molecule has 2 aromatic rings. The molecule has 1 aliphatic heterocycles. The Labute approximate surface area is 166 Å². The molecule has 1 saturated heterocycles. The van der Waals surface area contributed by atoms with E-state index >= 15 is 0 Å². The molecule has 1 amide bonds. The molecular weight excluding hydrogens is 352 g/mol. The van der Waals surface area contributed by atoms with Gasteiger partial charge in [-0.15, -0.1) is 5.10 Å². The molecular formula is C22H30N4O2. The maximum Gasteiger partial charge on any atom is 0.271 e. The van der Waals surface area contributed by atoms with Gasteiger partial charge in [-0.3, -0.25) is 9.59 Å². The molecule has 6 nitrogen and oxygen atoms in total. The molecule has 6 heteroatoms. The lowest BCUT2D eigenvalue weighted by Crippen LogP contribution is -2.39. The summed E-state index contributed by atoms with van der Waals surface area (Å²) in [5.41, 5.74) is 1.76. The van der Waals surface area contributed by atoms with E-state index in [0.717, 1.165) is 56.0 Å². The van der Waals surface area contributed by atoms with Crippen LogP contribution in [-0.2, 0) is 4.79 Å². The van der Waals surface area contributed by atoms with Crippen LogP contribution in [0.3, 0.4) is 0 Å². The van der Waals surface area contributed by atoms with Gasteiger partial charge in [-0.2, -0.15) is 4.68 Å². The number of aromatic nitrogens is 2. The van der Waals surface area contributed by atoms with E-state index in [0.29, 0.717) is 6.54 Å². The van der Waals surface area contributed by atoms with Gasteiger partial charge in [0, 0.05) is 38.2 Å². The zero-order valence-corrected chi connectivity index (χ0v) is 17.1. The maximum absolute atomic E-state index is 12.7. The van der Waals surface area contributed by atoms with Crippen molar-refractivity contribution in [2.75, 3.05) is 31.1 Å². The molecule has 1 aromatic carbocycles. The number of hydrogen-bond donors (Lipinski definition) is 0. The Hall–Kier alpha value is -2.63. The Morgan fingerprint density at radius 3 is 2.39 bits per heavy atom. The molecule has 0 radical (unpaired) electrons. The third kappa shape index (κ3) is 4.43. The number of anilines is 1. The van der Waals surface area contributed by atoms with Crippen LogP contribution in [0.4, 0.5) is 5.82 Å². The number of amides is 1. The second kappa shape index (κ2) is 9.04. The van der Waals surface area contributed by atoms with E-state index in [1.807, 2.05) is 36.1 Å². The molecule has 150 valence electrons. The minimum Gasteiger partial charge on any atom is -0.353 e. The normalized spacial score (nSPS) is 15.0. The average Bonchev–Trinajstić information content (AvgIpc) is 2.96. The van der Waals surface area contributed by atoms with E-state index in [4.69, 9.17) is 0 Å². The minimum absolute atomic E-state index is 0.119. The zero-order chi connectivity index (χ0) is 20.1. The van der Waals surface area contributed by atoms with E-state index < -0.39 is 0 Å². The van der Waals surface area contributed by atoms with Gasteiger partial charge in [0.15, 0.2) is 0 Å². The fourth-order valence-electron chi connectivity index (χ4n) is 3.70. The fourth-order valence-corrected chi connectivity index (χ4v) is 3.70. The largest absolute Gasteiger partial charge is 0.353 e. The van der Waals surface area contributed by atoms with Crippen LogP contribution in [0.2, 0.25) is 0 Å². The number of benzene rings is 1. The SMILES string of the molecule is CCC(CC)C(=O)N1CCCN(c2ccc(=O)n(-c3ccc(C)cc3)n2)CC1. The standard InChI is InChI=1S/C22H30N4O2/c1-4-18(5-2)22(28)25-14-6-13-24(15-16-25)20-11-12-21(27)26(23-20)19-9-7-17(3)8-10-19/h7-12,18H,4-6,13-16H2,1-3H3. The summed E-state index contributed by atoms with van der Waals surface area (Å²) in [6.07, 6.45) is 2.68.